The van der Waals surface area contributed by atoms with Crippen molar-refractivity contribution in [1.29, 1.82) is 0 Å². The summed E-state index contributed by atoms with van der Waals surface area (Å²) >= 11 is 0. The van der Waals surface area contributed by atoms with Gasteiger partial charge >= 0.3 is 0 Å². The molecule has 0 fully saturated rings. The van der Waals surface area contributed by atoms with E-state index in [4.69, 9.17) is 4.42 Å². The summed E-state index contributed by atoms with van der Waals surface area (Å²) in [5.41, 5.74) is 4.42. The number of nitrogens with one attached hydrogen (secondary N) is 1. The number of anilines is 1. The molecule has 0 saturated carbocycles. The van der Waals surface area contributed by atoms with Gasteiger partial charge in [0.15, 0.2) is 5.58 Å². The molecule has 0 unspecified atom stereocenters. The zero-order valence-electron chi connectivity index (χ0n) is 12.7. The second-order valence-corrected chi connectivity index (χ2v) is 5.15. The Bertz CT molecular complexity index is 804. The lowest BCUT2D eigenvalue weighted by molar-refractivity contribution is -0.115. The normalized spacial score (nSPS) is 10.8. The highest BCUT2D eigenvalue weighted by molar-refractivity contribution is 5.92. The van der Waals surface area contributed by atoms with Crippen molar-refractivity contribution in [3.63, 3.8) is 0 Å². The van der Waals surface area contributed by atoms with E-state index in [9.17, 15) is 4.79 Å². The van der Waals surface area contributed by atoms with Crippen molar-refractivity contribution in [2.75, 3.05) is 5.32 Å². The van der Waals surface area contributed by atoms with Gasteiger partial charge in [-0.3, -0.25) is 4.79 Å². The largest absolute Gasteiger partial charge is 0.436 e. The Hall–Kier alpha value is -2.62. The molecule has 22 heavy (non-hydrogen) atoms. The van der Waals surface area contributed by atoms with Crippen LogP contribution >= 0.6 is 0 Å². The lowest BCUT2D eigenvalue weighted by Crippen LogP contribution is -2.08. The van der Waals surface area contributed by atoms with Crippen LogP contribution < -0.4 is 5.32 Å². The van der Waals surface area contributed by atoms with Gasteiger partial charge in [-0.25, -0.2) is 4.98 Å². The molecule has 4 heteroatoms. The molecule has 0 aliphatic heterocycles. The Morgan fingerprint density at radius 2 is 1.91 bits per heavy atom. The van der Waals surface area contributed by atoms with Gasteiger partial charge in [0.1, 0.15) is 5.52 Å². The maximum absolute atomic E-state index is 11.4. The summed E-state index contributed by atoms with van der Waals surface area (Å²) in [4.78, 5) is 16.0. The average Bonchev–Trinajstić information content (AvgIpc) is 2.98. The highest BCUT2D eigenvalue weighted by Crippen LogP contribution is 2.26. The van der Waals surface area contributed by atoms with Crippen molar-refractivity contribution in [2.45, 2.75) is 26.7 Å². The van der Waals surface area contributed by atoms with Crippen LogP contribution in [0, 0.1) is 0 Å². The first-order valence-corrected chi connectivity index (χ1v) is 7.49. The van der Waals surface area contributed by atoms with Crippen molar-refractivity contribution < 1.29 is 9.21 Å². The maximum Gasteiger partial charge on any atom is 0.227 e. The Kier molecular flexibility index (Phi) is 3.92. The van der Waals surface area contributed by atoms with Crippen LogP contribution in [0.1, 0.15) is 25.8 Å². The molecule has 0 atom stereocenters. The number of aryl methyl sites for hydroxylation is 1. The molecule has 0 aliphatic carbocycles. The molecule has 3 rings (SSSR count). The van der Waals surface area contributed by atoms with E-state index in [1.165, 1.54) is 5.56 Å². The number of hydrogen-bond donors (Lipinski definition) is 1. The molecule has 0 saturated heterocycles. The van der Waals surface area contributed by atoms with Crippen molar-refractivity contribution in [1.82, 2.24) is 4.98 Å². The Labute approximate surface area is 129 Å². The molecule has 0 radical (unpaired) electrons. The maximum atomic E-state index is 11.4. The molecule has 1 aromatic heterocycles. The van der Waals surface area contributed by atoms with Gasteiger partial charge in [-0.15, -0.1) is 0 Å². The zero-order chi connectivity index (χ0) is 15.5. The molecule has 3 aromatic rings. The molecule has 0 bridgehead atoms. The van der Waals surface area contributed by atoms with Crippen LogP contribution in [-0.4, -0.2) is 10.9 Å². The summed E-state index contributed by atoms with van der Waals surface area (Å²) in [6.07, 6.45) is 1.46. The third kappa shape index (κ3) is 2.86. The monoisotopic (exact) mass is 294 g/mol. The van der Waals surface area contributed by atoms with Crippen LogP contribution in [0.5, 0.6) is 0 Å². The minimum Gasteiger partial charge on any atom is -0.436 e. The second-order valence-electron chi connectivity index (χ2n) is 5.15. The van der Waals surface area contributed by atoms with E-state index < -0.39 is 0 Å². The van der Waals surface area contributed by atoms with Gasteiger partial charge in [-0.05, 0) is 42.3 Å². The summed E-state index contributed by atoms with van der Waals surface area (Å²) in [5.74, 6) is 0.579. The molecule has 1 amide bonds. The third-order valence-electron chi connectivity index (χ3n) is 3.60. The standard InChI is InChI=1S/C18H18N2O2/c1-3-12-5-7-13(8-6-12)18-20-15-11-14(19-17(21)4-2)9-10-16(15)22-18/h5-11H,3-4H2,1-2H3,(H,19,21). The number of oxazole rings is 1. The lowest BCUT2D eigenvalue weighted by atomic mass is 10.1. The van der Waals surface area contributed by atoms with E-state index in [-0.39, 0.29) is 5.91 Å². The van der Waals surface area contributed by atoms with Crippen molar-refractivity contribution in [3.8, 4) is 11.5 Å². The van der Waals surface area contributed by atoms with Crippen LogP contribution in [0.4, 0.5) is 5.69 Å². The fourth-order valence-electron chi connectivity index (χ4n) is 2.26. The fraction of sp³-hybridized carbons (Fsp3) is 0.222. The molecule has 2 aromatic carbocycles. The molecule has 112 valence electrons. The van der Waals surface area contributed by atoms with Crippen molar-refractivity contribution >= 4 is 22.7 Å². The molecule has 0 aliphatic rings. The smallest absolute Gasteiger partial charge is 0.227 e. The van der Waals surface area contributed by atoms with Crippen LogP contribution in [0.3, 0.4) is 0 Å². The third-order valence-corrected chi connectivity index (χ3v) is 3.60. The quantitative estimate of drug-likeness (QED) is 0.775. The topological polar surface area (TPSA) is 55.1 Å². The Morgan fingerprint density at radius 1 is 1.14 bits per heavy atom. The predicted molar refractivity (Wildman–Crippen MR) is 87.7 cm³/mol. The molecule has 1 N–H and O–H groups in total. The summed E-state index contributed by atoms with van der Waals surface area (Å²) in [7, 11) is 0. The molecule has 0 spiro atoms. The van der Waals surface area contributed by atoms with Gasteiger partial charge in [0.25, 0.3) is 0 Å². The first-order chi connectivity index (χ1) is 10.7. The van der Waals surface area contributed by atoms with E-state index in [0.717, 1.165) is 23.2 Å². The number of fused-ring (bicyclic) bond motifs is 1. The highest BCUT2D eigenvalue weighted by Gasteiger charge is 2.09. The van der Waals surface area contributed by atoms with E-state index >= 15 is 0 Å². The molecule has 1 heterocycles. The number of carbonyl (C=O) groups is 1. The number of amides is 1. The second kappa shape index (κ2) is 6.02. The van der Waals surface area contributed by atoms with Gasteiger partial charge in [-0.2, -0.15) is 0 Å². The molecular weight excluding hydrogens is 276 g/mol. The van der Waals surface area contributed by atoms with Crippen LogP contribution in [0.15, 0.2) is 46.9 Å². The van der Waals surface area contributed by atoms with E-state index in [1.54, 1.807) is 0 Å². The van der Waals surface area contributed by atoms with E-state index in [0.29, 0.717) is 17.9 Å². The SMILES string of the molecule is CCC(=O)Nc1ccc2oc(-c3ccc(CC)cc3)nc2c1. The first-order valence-electron chi connectivity index (χ1n) is 7.49. The van der Waals surface area contributed by atoms with Crippen LogP contribution in [0.25, 0.3) is 22.6 Å². The Balaban J connectivity index is 1.93. The average molecular weight is 294 g/mol. The number of carbonyl (C=O) groups excluding carboxylic acids is 1. The Morgan fingerprint density at radius 3 is 2.59 bits per heavy atom. The first kappa shape index (κ1) is 14.3. The van der Waals surface area contributed by atoms with Crippen molar-refractivity contribution in [2.24, 2.45) is 0 Å². The number of aromatic nitrogens is 1. The summed E-state index contributed by atoms with van der Waals surface area (Å²) in [6, 6.07) is 13.7. The van der Waals surface area contributed by atoms with Crippen LogP contribution in [0.2, 0.25) is 0 Å². The van der Waals surface area contributed by atoms with Gasteiger partial charge in [-0.1, -0.05) is 26.0 Å². The number of hydrogen-bond acceptors (Lipinski definition) is 3. The summed E-state index contributed by atoms with van der Waals surface area (Å²) < 4.78 is 5.79. The van der Waals surface area contributed by atoms with Gasteiger partial charge in [0, 0.05) is 17.7 Å². The zero-order valence-corrected chi connectivity index (χ0v) is 12.7. The van der Waals surface area contributed by atoms with Gasteiger partial charge in [0.2, 0.25) is 11.8 Å². The minimum absolute atomic E-state index is 0.0155. The fourth-order valence-corrected chi connectivity index (χ4v) is 2.26. The number of benzene rings is 2. The van der Waals surface area contributed by atoms with Gasteiger partial charge < -0.3 is 9.73 Å². The highest BCUT2D eigenvalue weighted by atomic mass is 16.3. The summed E-state index contributed by atoms with van der Waals surface area (Å²) in [5, 5.41) is 2.83. The van der Waals surface area contributed by atoms with Gasteiger partial charge in [0.05, 0.1) is 0 Å². The lowest BCUT2D eigenvalue weighted by Gasteiger charge is -2.01. The van der Waals surface area contributed by atoms with E-state index in [2.05, 4.69) is 29.4 Å². The predicted octanol–water partition coefficient (Wildman–Crippen LogP) is 4.41. The minimum atomic E-state index is -0.0155. The number of nitrogens with zero attached hydrogens (tertiary/aromatic N) is 1. The van der Waals surface area contributed by atoms with Crippen LogP contribution in [-0.2, 0) is 11.2 Å². The van der Waals surface area contributed by atoms with Crippen molar-refractivity contribution in [3.05, 3.63) is 48.0 Å². The molecule has 4 nitrogen and oxygen atoms in total. The molecular formula is C18H18N2O2. The number of rotatable bonds is 4. The summed E-state index contributed by atoms with van der Waals surface area (Å²) in [6.45, 7) is 3.95. The van der Waals surface area contributed by atoms with E-state index in [1.807, 2.05) is 37.3 Å².